The molecule has 1 amide bonds. The number of carbonyl (C=O) groups excluding carboxylic acids is 1. The van der Waals surface area contributed by atoms with Gasteiger partial charge in [0.25, 0.3) is 11.8 Å². The van der Waals surface area contributed by atoms with Gasteiger partial charge in [-0.1, -0.05) is 0 Å². The van der Waals surface area contributed by atoms with Crippen LogP contribution in [-0.4, -0.2) is 60.8 Å². The van der Waals surface area contributed by atoms with Crippen molar-refractivity contribution in [3.8, 4) is 0 Å². The zero-order chi connectivity index (χ0) is 13.5. The van der Waals surface area contributed by atoms with Crippen LogP contribution in [0.25, 0.3) is 0 Å². The predicted molar refractivity (Wildman–Crippen MR) is 54.9 cm³/mol. The van der Waals surface area contributed by atoms with E-state index >= 15 is 0 Å². The second-order valence-electron chi connectivity index (χ2n) is 3.96. The van der Waals surface area contributed by atoms with Crippen LogP contribution in [0.15, 0.2) is 12.5 Å². The number of carbonyl (C=O) groups is 1. The number of nitrogens with two attached hydrogens (primary N) is 1. The third-order valence-electron chi connectivity index (χ3n) is 2.80. The second-order valence-corrected chi connectivity index (χ2v) is 3.96. The molecule has 1 saturated heterocycles. The standard InChI is InChI=1S/C9H13N3O6/c10-8(16)4-1-12(3-11-4)9(17)7(15)6(14)5(2-13)18-9/h1,3,5-7,13-15,17H,2H2,(H2,10,16)/t5-,6-,7-,9-/m1/s1. The molecule has 9 heteroatoms. The van der Waals surface area contributed by atoms with E-state index < -0.39 is 36.7 Å². The first-order valence-corrected chi connectivity index (χ1v) is 5.11. The normalized spacial score (nSPS) is 35.9. The number of aliphatic hydroxyl groups is 4. The number of primary amides is 1. The van der Waals surface area contributed by atoms with Gasteiger partial charge in [0, 0.05) is 6.20 Å². The topological polar surface area (TPSA) is 151 Å². The maximum atomic E-state index is 10.9. The van der Waals surface area contributed by atoms with Gasteiger partial charge in [-0.15, -0.1) is 0 Å². The monoisotopic (exact) mass is 259 g/mol. The molecule has 6 N–H and O–H groups in total. The van der Waals surface area contributed by atoms with Crippen molar-refractivity contribution in [2.75, 3.05) is 6.61 Å². The van der Waals surface area contributed by atoms with E-state index in [4.69, 9.17) is 15.6 Å². The fraction of sp³-hybridized carbons (Fsp3) is 0.556. The van der Waals surface area contributed by atoms with Gasteiger partial charge in [-0.3, -0.25) is 9.36 Å². The minimum Gasteiger partial charge on any atom is -0.394 e. The van der Waals surface area contributed by atoms with Gasteiger partial charge in [0.05, 0.1) is 12.9 Å². The Hall–Kier alpha value is -1.52. The van der Waals surface area contributed by atoms with Crippen molar-refractivity contribution >= 4 is 5.91 Å². The first kappa shape index (κ1) is 12.9. The number of imidazole rings is 1. The number of aromatic nitrogens is 2. The average Bonchev–Trinajstić information content (AvgIpc) is 2.90. The summed E-state index contributed by atoms with van der Waals surface area (Å²) in [5.74, 6) is -3.13. The molecule has 1 aromatic rings. The fourth-order valence-electron chi connectivity index (χ4n) is 1.77. The Morgan fingerprint density at radius 3 is 2.72 bits per heavy atom. The lowest BCUT2D eigenvalue weighted by Crippen LogP contribution is -2.45. The van der Waals surface area contributed by atoms with E-state index in [9.17, 15) is 20.1 Å². The summed E-state index contributed by atoms with van der Waals surface area (Å²) in [6.07, 6.45) is -2.23. The molecule has 0 aliphatic carbocycles. The van der Waals surface area contributed by atoms with E-state index in [-0.39, 0.29) is 5.69 Å². The second kappa shape index (κ2) is 4.30. The fourth-order valence-corrected chi connectivity index (χ4v) is 1.77. The number of amides is 1. The Balaban J connectivity index is 2.33. The molecule has 4 atom stereocenters. The summed E-state index contributed by atoms with van der Waals surface area (Å²) in [6, 6.07) is 0. The molecule has 0 spiro atoms. The molecule has 0 bridgehead atoms. The van der Waals surface area contributed by atoms with Crippen molar-refractivity contribution in [3.05, 3.63) is 18.2 Å². The van der Waals surface area contributed by atoms with Crippen LogP contribution in [0, 0.1) is 0 Å². The molecular weight excluding hydrogens is 246 g/mol. The van der Waals surface area contributed by atoms with Crippen molar-refractivity contribution in [3.63, 3.8) is 0 Å². The Bertz CT molecular complexity index is 463. The highest BCUT2D eigenvalue weighted by Gasteiger charge is 2.54. The van der Waals surface area contributed by atoms with Crippen LogP contribution < -0.4 is 5.73 Å². The van der Waals surface area contributed by atoms with Crippen LogP contribution in [0.5, 0.6) is 0 Å². The Morgan fingerprint density at radius 1 is 1.61 bits per heavy atom. The molecule has 9 nitrogen and oxygen atoms in total. The summed E-state index contributed by atoms with van der Waals surface area (Å²) in [6.45, 7) is -0.585. The maximum absolute atomic E-state index is 10.9. The minimum atomic E-state index is -2.31. The molecule has 0 aromatic carbocycles. The Labute approximate surface area is 101 Å². The zero-order valence-electron chi connectivity index (χ0n) is 9.17. The third kappa shape index (κ3) is 1.78. The number of aliphatic hydroxyl groups excluding tert-OH is 3. The molecule has 1 aromatic heterocycles. The largest absolute Gasteiger partial charge is 0.394 e. The molecule has 2 heterocycles. The van der Waals surface area contributed by atoms with Gasteiger partial charge in [0.1, 0.15) is 17.9 Å². The van der Waals surface area contributed by atoms with Crippen LogP contribution >= 0.6 is 0 Å². The highest BCUT2D eigenvalue weighted by atomic mass is 16.7. The summed E-state index contributed by atoms with van der Waals surface area (Å²) in [5, 5.41) is 38.3. The predicted octanol–water partition coefficient (Wildman–Crippen LogP) is -3.30. The molecule has 1 aliphatic heterocycles. The first-order valence-electron chi connectivity index (χ1n) is 5.11. The lowest BCUT2D eigenvalue weighted by Gasteiger charge is -2.26. The van der Waals surface area contributed by atoms with E-state index in [0.717, 1.165) is 17.1 Å². The molecule has 0 saturated carbocycles. The number of hydrogen-bond acceptors (Lipinski definition) is 7. The molecule has 0 radical (unpaired) electrons. The van der Waals surface area contributed by atoms with E-state index in [1.165, 1.54) is 0 Å². The number of rotatable bonds is 3. The van der Waals surface area contributed by atoms with Gasteiger partial charge in [-0.05, 0) is 0 Å². The zero-order valence-corrected chi connectivity index (χ0v) is 9.17. The third-order valence-corrected chi connectivity index (χ3v) is 2.80. The van der Waals surface area contributed by atoms with Crippen molar-refractivity contribution in [2.24, 2.45) is 5.73 Å². The van der Waals surface area contributed by atoms with Crippen LogP contribution in [0.4, 0.5) is 0 Å². The molecular formula is C9H13N3O6. The van der Waals surface area contributed by atoms with Gasteiger partial charge in [0.15, 0.2) is 6.10 Å². The number of ether oxygens (including phenoxy) is 1. The summed E-state index contributed by atoms with van der Waals surface area (Å²) >= 11 is 0. The summed E-state index contributed by atoms with van der Waals surface area (Å²) in [7, 11) is 0. The minimum absolute atomic E-state index is 0.138. The van der Waals surface area contributed by atoms with Gasteiger partial charge < -0.3 is 30.9 Å². The quantitative estimate of drug-likeness (QED) is 0.381. The highest BCUT2D eigenvalue weighted by molar-refractivity contribution is 5.90. The SMILES string of the molecule is NC(=O)c1cn([C@]2(O)O[C@H](CO)[C@@H](O)[C@H]2O)cn1. The van der Waals surface area contributed by atoms with Crippen molar-refractivity contribution in [1.29, 1.82) is 0 Å². The van der Waals surface area contributed by atoms with E-state index in [2.05, 4.69) is 4.98 Å². The summed E-state index contributed by atoms with van der Waals surface area (Å²) < 4.78 is 5.88. The molecule has 2 rings (SSSR count). The summed E-state index contributed by atoms with van der Waals surface area (Å²) in [5.41, 5.74) is 4.86. The average molecular weight is 259 g/mol. The van der Waals surface area contributed by atoms with Crippen LogP contribution in [0.3, 0.4) is 0 Å². The molecule has 18 heavy (non-hydrogen) atoms. The van der Waals surface area contributed by atoms with Crippen molar-refractivity contribution in [2.45, 2.75) is 24.2 Å². The van der Waals surface area contributed by atoms with Gasteiger partial charge in [0.2, 0.25) is 0 Å². The van der Waals surface area contributed by atoms with Gasteiger partial charge in [-0.2, -0.15) is 0 Å². The first-order chi connectivity index (χ1) is 8.40. The summed E-state index contributed by atoms with van der Waals surface area (Å²) in [4.78, 5) is 14.5. The van der Waals surface area contributed by atoms with Gasteiger partial charge in [-0.25, -0.2) is 4.98 Å². The number of hydrogen-bond donors (Lipinski definition) is 5. The molecule has 100 valence electrons. The van der Waals surface area contributed by atoms with Crippen molar-refractivity contribution in [1.82, 2.24) is 9.55 Å². The van der Waals surface area contributed by atoms with Crippen molar-refractivity contribution < 1.29 is 30.0 Å². The van der Waals surface area contributed by atoms with E-state index in [1.807, 2.05) is 0 Å². The molecule has 1 fully saturated rings. The van der Waals surface area contributed by atoms with Crippen LogP contribution in [-0.2, 0) is 10.6 Å². The van der Waals surface area contributed by atoms with Crippen LogP contribution in [0.2, 0.25) is 0 Å². The van der Waals surface area contributed by atoms with Gasteiger partial charge >= 0.3 is 0 Å². The van der Waals surface area contributed by atoms with Crippen LogP contribution in [0.1, 0.15) is 10.5 Å². The Kier molecular flexibility index (Phi) is 3.09. The smallest absolute Gasteiger partial charge is 0.284 e. The Morgan fingerprint density at radius 2 is 2.28 bits per heavy atom. The number of nitrogens with zero attached hydrogens (tertiary/aromatic N) is 2. The van der Waals surface area contributed by atoms with E-state index in [1.54, 1.807) is 0 Å². The van der Waals surface area contributed by atoms with E-state index in [0.29, 0.717) is 0 Å². The molecule has 1 aliphatic rings. The molecule has 0 unspecified atom stereocenters. The lowest BCUT2D eigenvalue weighted by molar-refractivity contribution is -0.289. The highest BCUT2D eigenvalue weighted by Crippen LogP contribution is 2.33. The maximum Gasteiger partial charge on any atom is 0.284 e. The lowest BCUT2D eigenvalue weighted by atomic mass is 10.1.